The van der Waals surface area contributed by atoms with Crippen molar-refractivity contribution in [3.05, 3.63) is 0 Å². The zero-order valence-corrected chi connectivity index (χ0v) is 18.4. The molecule has 0 bridgehead atoms. The number of nitrogens with zero attached hydrogens (tertiary/aromatic N) is 2. The molecule has 9 heteroatoms. The molecule has 0 spiro atoms. The molecule has 0 unspecified atom stereocenters. The number of sulfonamides is 1. The van der Waals surface area contributed by atoms with Crippen LogP contribution in [0.15, 0.2) is 4.99 Å². The van der Waals surface area contributed by atoms with Gasteiger partial charge in [0, 0.05) is 33.2 Å². The summed E-state index contributed by atoms with van der Waals surface area (Å²) >= 11 is 0. The quantitative estimate of drug-likeness (QED) is 0.187. The van der Waals surface area contributed by atoms with Crippen LogP contribution >= 0.6 is 24.0 Å². The monoisotopic (exact) mass is 488 g/mol. The predicted molar refractivity (Wildman–Crippen MR) is 112 cm³/mol. The number of halogens is 1. The largest absolute Gasteiger partial charge is 0.376 e. The Bertz CT molecular complexity index is 494. The third kappa shape index (κ3) is 8.40. The Hall–Kier alpha value is -0.130. The summed E-state index contributed by atoms with van der Waals surface area (Å²) in [5.41, 5.74) is 0. The van der Waals surface area contributed by atoms with Crippen LogP contribution in [-0.4, -0.2) is 70.4 Å². The first kappa shape index (κ1) is 22.9. The Kier molecular flexibility index (Phi) is 11.3. The second-order valence-electron chi connectivity index (χ2n) is 6.48. The number of rotatable bonds is 7. The van der Waals surface area contributed by atoms with Gasteiger partial charge in [0.1, 0.15) is 0 Å². The van der Waals surface area contributed by atoms with Gasteiger partial charge in [-0.3, -0.25) is 4.99 Å². The normalized spacial score (nSPS) is 22.2. The van der Waals surface area contributed by atoms with Crippen LogP contribution in [0.4, 0.5) is 0 Å². The smallest absolute Gasteiger partial charge is 0.214 e. The van der Waals surface area contributed by atoms with E-state index in [9.17, 15) is 8.42 Å². The van der Waals surface area contributed by atoms with Crippen molar-refractivity contribution >= 4 is 40.0 Å². The maximum Gasteiger partial charge on any atom is 0.214 e. The molecule has 2 aliphatic rings. The molecule has 0 aromatic heterocycles. The van der Waals surface area contributed by atoms with E-state index in [1.54, 1.807) is 11.4 Å². The summed E-state index contributed by atoms with van der Waals surface area (Å²) in [5, 5.41) is 6.38. The van der Waals surface area contributed by atoms with E-state index in [1.807, 2.05) is 0 Å². The molecule has 0 aromatic rings. The zero-order chi connectivity index (χ0) is 17.3. The summed E-state index contributed by atoms with van der Waals surface area (Å²) < 4.78 is 30.9. The van der Waals surface area contributed by atoms with Crippen LogP contribution in [-0.2, 0) is 14.8 Å². The van der Waals surface area contributed by atoms with Crippen molar-refractivity contribution in [2.75, 3.05) is 45.6 Å². The molecule has 0 radical (unpaired) electrons. The van der Waals surface area contributed by atoms with Gasteiger partial charge in [0.05, 0.1) is 18.5 Å². The molecule has 148 valence electrons. The van der Waals surface area contributed by atoms with Gasteiger partial charge in [0.15, 0.2) is 5.96 Å². The highest BCUT2D eigenvalue weighted by Crippen LogP contribution is 2.19. The molecule has 2 fully saturated rings. The lowest BCUT2D eigenvalue weighted by Crippen LogP contribution is -2.43. The summed E-state index contributed by atoms with van der Waals surface area (Å²) in [7, 11) is -1.30. The molecule has 1 aliphatic carbocycles. The highest BCUT2D eigenvalue weighted by Gasteiger charge is 2.27. The molecule has 1 saturated carbocycles. The zero-order valence-electron chi connectivity index (χ0n) is 15.2. The Morgan fingerprint density at radius 3 is 2.40 bits per heavy atom. The molecular formula is C16H33IN4O3S. The molecular weight excluding hydrogens is 455 g/mol. The fraction of sp³-hybridized carbons (Fsp3) is 0.938. The summed E-state index contributed by atoms with van der Waals surface area (Å²) in [5.74, 6) is 0.967. The Balaban J connectivity index is 0.00000312. The van der Waals surface area contributed by atoms with Gasteiger partial charge in [-0.1, -0.05) is 25.7 Å². The van der Waals surface area contributed by atoms with E-state index in [0.29, 0.717) is 44.8 Å². The lowest BCUT2D eigenvalue weighted by molar-refractivity contribution is 0.0468. The first-order valence-corrected chi connectivity index (χ1v) is 10.8. The average molecular weight is 488 g/mol. The van der Waals surface area contributed by atoms with E-state index in [4.69, 9.17) is 4.74 Å². The minimum absolute atomic E-state index is 0. The van der Waals surface area contributed by atoms with E-state index in [0.717, 1.165) is 6.42 Å². The van der Waals surface area contributed by atoms with Gasteiger partial charge in [0.25, 0.3) is 0 Å². The maximum absolute atomic E-state index is 11.7. The van der Waals surface area contributed by atoms with Crippen molar-refractivity contribution in [1.29, 1.82) is 0 Å². The first-order valence-electron chi connectivity index (χ1n) is 9.16. The molecule has 1 saturated heterocycles. The van der Waals surface area contributed by atoms with Crippen LogP contribution in [0, 0.1) is 0 Å². The molecule has 0 atom stereocenters. The molecule has 7 nitrogen and oxygen atoms in total. The van der Waals surface area contributed by atoms with Crippen molar-refractivity contribution in [2.24, 2.45) is 4.99 Å². The van der Waals surface area contributed by atoms with Crippen LogP contribution < -0.4 is 10.6 Å². The van der Waals surface area contributed by atoms with Crippen LogP contribution in [0.5, 0.6) is 0 Å². The Morgan fingerprint density at radius 2 is 1.80 bits per heavy atom. The van der Waals surface area contributed by atoms with Gasteiger partial charge in [-0.2, -0.15) is 0 Å². The summed E-state index contributed by atoms with van der Waals surface area (Å²) in [4.78, 5) is 4.16. The van der Waals surface area contributed by atoms with Crippen molar-refractivity contribution in [2.45, 2.75) is 51.0 Å². The SMILES string of the molecule is CN=C(NCCOC1CCCCCC1)NCCN1CCCS1(=O)=O.I. The van der Waals surface area contributed by atoms with Gasteiger partial charge in [-0.05, 0) is 19.3 Å². The number of aliphatic imine (C=N–C) groups is 1. The van der Waals surface area contributed by atoms with Gasteiger partial charge in [-0.15, -0.1) is 24.0 Å². The topological polar surface area (TPSA) is 83.0 Å². The third-order valence-electron chi connectivity index (χ3n) is 4.63. The summed E-state index contributed by atoms with van der Waals surface area (Å²) in [6.45, 7) is 3.05. The van der Waals surface area contributed by atoms with Crippen molar-refractivity contribution in [3.63, 3.8) is 0 Å². The lowest BCUT2D eigenvalue weighted by atomic mass is 10.1. The lowest BCUT2D eigenvalue weighted by Gasteiger charge is -2.18. The Labute approximate surface area is 169 Å². The van der Waals surface area contributed by atoms with Crippen LogP contribution in [0.2, 0.25) is 0 Å². The molecule has 1 heterocycles. The standard InChI is InChI=1S/C16H32N4O3S.HI/c1-17-16(18-9-12-20-11-6-14-24(20,21)22)19-10-13-23-15-7-4-2-3-5-8-15;/h15H,2-14H2,1H3,(H2,17,18,19);1H. The van der Waals surface area contributed by atoms with Gasteiger partial charge in [0.2, 0.25) is 10.0 Å². The van der Waals surface area contributed by atoms with Crippen molar-refractivity contribution in [3.8, 4) is 0 Å². The fourth-order valence-electron chi connectivity index (χ4n) is 3.27. The second kappa shape index (κ2) is 12.3. The van der Waals surface area contributed by atoms with Crippen LogP contribution in [0.25, 0.3) is 0 Å². The molecule has 0 amide bonds. The van der Waals surface area contributed by atoms with Gasteiger partial charge < -0.3 is 15.4 Å². The minimum Gasteiger partial charge on any atom is -0.376 e. The number of hydrogen-bond acceptors (Lipinski definition) is 4. The first-order chi connectivity index (χ1) is 11.6. The van der Waals surface area contributed by atoms with E-state index < -0.39 is 10.0 Å². The summed E-state index contributed by atoms with van der Waals surface area (Å²) in [6.07, 6.45) is 8.72. The Morgan fingerprint density at radius 1 is 1.12 bits per heavy atom. The number of ether oxygens (including phenoxy) is 1. The molecule has 1 aliphatic heterocycles. The highest BCUT2D eigenvalue weighted by molar-refractivity contribution is 14.0. The molecule has 2 N–H and O–H groups in total. The molecule has 0 aromatic carbocycles. The van der Waals surface area contributed by atoms with Crippen LogP contribution in [0.1, 0.15) is 44.9 Å². The molecule has 2 rings (SSSR count). The van der Waals surface area contributed by atoms with Gasteiger partial charge >= 0.3 is 0 Å². The highest BCUT2D eigenvalue weighted by atomic mass is 127. The summed E-state index contributed by atoms with van der Waals surface area (Å²) in [6, 6.07) is 0. The number of nitrogens with one attached hydrogen (secondary N) is 2. The number of hydrogen-bond donors (Lipinski definition) is 2. The van der Waals surface area contributed by atoms with Crippen molar-refractivity contribution < 1.29 is 13.2 Å². The van der Waals surface area contributed by atoms with Gasteiger partial charge in [-0.25, -0.2) is 12.7 Å². The van der Waals surface area contributed by atoms with E-state index in [-0.39, 0.29) is 29.7 Å². The fourth-order valence-corrected chi connectivity index (χ4v) is 4.79. The predicted octanol–water partition coefficient (Wildman–Crippen LogP) is 1.54. The maximum atomic E-state index is 11.7. The second-order valence-corrected chi connectivity index (χ2v) is 8.57. The van der Waals surface area contributed by atoms with E-state index in [1.165, 1.54) is 38.5 Å². The minimum atomic E-state index is -3.02. The average Bonchev–Trinajstić information content (AvgIpc) is 2.77. The van der Waals surface area contributed by atoms with Crippen molar-refractivity contribution in [1.82, 2.24) is 14.9 Å². The van der Waals surface area contributed by atoms with E-state index >= 15 is 0 Å². The number of guanidine groups is 1. The van der Waals surface area contributed by atoms with Crippen LogP contribution in [0.3, 0.4) is 0 Å². The third-order valence-corrected chi connectivity index (χ3v) is 6.59. The molecule has 25 heavy (non-hydrogen) atoms. The van der Waals surface area contributed by atoms with E-state index in [2.05, 4.69) is 15.6 Å².